The third kappa shape index (κ3) is 10.1. The van der Waals surface area contributed by atoms with E-state index >= 15 is 0 Å². The fraction of sp³-hybridized carbons (Fsp3) is 0.462. The van der Waals surface area contributed by atoms with Crippen molar-refractivity contribution in [1.29, 1.82) is 0 Å². The average Bonchev–Trinajstić information content (AvgIpc) is 3.19. The summed E-state index contributed by atoms with van der Waals surface area (Å²) in [5.41, 5.74) is 11.3. The minimum atomic E-state index is -1.53. The topological polar surface area (TPSA) is 202 Å². The van der Waals surface area contributed by atoms with E-state index in [4.69, 9.17) is 52.1 Å². The molecule has 3 aliphatic rings. The molecule has 0 saturated carbocycles. The van der Waals surface area contributed by atoms with Gasteiger partial charge < -0.3 is 52.1 Å². The van der Waals surface area contributed by atoms with E-state index in [-0.39, 0.29) is 13.2 Å². The lowest BCUT2D eigenvalue weighted by atomic mass is 9.94. The van der Waals surface area contributed by atoms with Crippen LogP contribution in [0.1, 0.15) is 38.2 Å². The molecule has 0 bridgehead atoms. The normalized spacial score (nSPS) is 29.8. The van der Waals surface area contributed by atoms with E-state index < -0.39 is 92.2 Å². The second kappa shape index (κ2) is 19.1. The first-order valence-electron chi connectivity index (χ1n) is 17.9. The third-order valence-electron chi connectivity index (χ3n) is 9.10. The lowest BCUT2D eigenvalue weighted by Gasteiger charge is -2.51. The van der Waals surface area contributed by atoms with Crippen LogP contribution in [0, 0.1) is 0 Å². The van der Waals surface area contributed by atoms with Gasteiger partial charge in [-0.25, -0.2) is 0 Å². The molecule has 3 saturated heterocycles. The number of nitrogens with zero attached hydrogens (tertiary/aromatic N) is 3. The molecule has 0 radical (unpaired) electrons. The standard InChI is InChI=1S/C39H43N3O14/c1-22(43)47-20-29-32(50-23(2)44)34(51-24(3)45)31(41-42-40)38(53-29)56-35-33-30(21-49-37(55-33)26-13-9-6-10-14-26)54-39(52-28-17-15-27(46-4)16-18-28)36(35)48-19-25-11-7-5-8-12-25/h5-18,29-39H,19-21H2,1-4H3/t29-,30-,31+,32-,33+,34-,35+,36-,37+,38-,39-/m1/s1. The Hall–Kier alpha value is -5.26. The molecular formula is C39H43N3O14. The van der Waals surface area contributed by atoms with Crippen molar-refractivity contribution in [3.05, 3.63) is 106 Å². The number of benzene rings is 3. The summed E-state index contributed by atoms with van der Waals surface area (Å²) in [6.45, 7) is 3.16. The first-order valence-corrected chi connectivity index (χ1v) is 17.9. The van der Waals surface area contributed by atoms with E-state index in [0.29, 0.717) is 11.5 Å². The molecular weight excluding hydrogens is 734 g/mol. The summed E-state index contributed by atoms with van der Waals surface area (Å²) >= 11 is 0. The van der Waals surface area contributed by atoms with Gasteiger partial charge in [-0.05, 0) is 35.4 Å². The Labute approximate surface area is 322 Å². The summed E-state index contributed by atoms with van der Waals surface area (Å²) in [7, 11) is 1.55. The Bertz CT molecular complexity index is 1810. The molecule has 6 rings (SSSR count). The number of ether oxygens (including phenoxy) is 11. The Balaban J connectivity index is 1.42. The zero-order valence-corrected chi connectivity index (χ0v) is 31.1. The van der Waals surface area contributed by atoms with Crippen LogP contribution in [0.5, 0.6) is 11.5 Å². The number of methoxy groups -OCH3 is 1. The molecule has 0 unspecified atom stereocenters. The lowest BCUT2D eigenvalue weighted by molar-refractivity contribution is -0.382. The van der Waals surface area contributed by atoms with Crippen molar-refractivity contribution < 1.29 is 66.5 Å². The first-order chi connectivity index (χ1) is 27.1. The van der Waals surface area contributed by atoms with Gasteiger partial charge in [-0.3, -0.25) is 14.4 Å². The largest absolute Gasteiger partial charge is 0.497 e. The van der Waals surface area contributed by atoms with Crippen molar-refractivity contribution in [2.75, 3.05) is 20.3 Å². The quantitative estimate of drug-likeness (QED) is 0.0716. The molecule has 0 spiro atoms. The van der Waals surface area contributed by atoms with Crippen LogP contribution < -0.4 is 9.47 Å². The van der Waals surface area contributed by atoms with Gasteiger partial charge in [0.05, 0.1) is 20.3 Å². The van der Waals surface area contributed by atoms with Crippen LogP contribution in [0.2, 0.25) is 0 Å². The molecule has 3 aliphatic heterocycles. The smallest absolute Gasteiger partial charge is 0.303 e. The summed E-state index contributed by atoms with van der Waals surface area (Å²) in [6, 6.07) is 24.1. The van der Waals surface area contributed by atoms with Crippen molar-refractivity contribution in [2.24, 2.45) is 5.11 Å². The van der Waals surface area contributed by atoms with Crippen molar-refractivity contribution >= 4 is 17.9 Å². The van der Waals surface area contributed by atoms with Crippen molar-refractivity contribution in [2.45, 2.75) is 95.0 Å². The summed E-state index contributed by atoms with van der Waals surface area (Å²) in [4.78, 5) is 39.7. The summed E-state index contributed by atoms with van der Waals surface area (Å²) in [5.74, 6) is -1.17. The number of hydrogen-bond donors (Lipinski definition) is 0. The molecule has 0 aromatic heterocycles. The zero-order valence-electron chi connectivity index (χ0n) is 31.1. The van der Waals surface area contributed by atoms with Crippen molar-refractivity contribution in [3.8, 4) is 11.5 Å². The second-order valence-electron chi connectivity index (χ2n) is 13.1. The second-order valence-corrected chi connectivity index (χ2v) is 13.1. The van der Waals surface area contributed by atoms with Crippen LogP contribution in [0.4, 0.5) is 0 Å². The molecule has 17 nitrogen and oxygen atoms in total. The maximum Gasteiger partial charge on any atom is 0.303 e. The summed E-state index contributed by atoms with van der Waals surface area (Å²) in [6.07, 6.45) is -11.5. The van der Waals surface area contributed by atoms with E-state index in [1.54, 1.807) is 31.4 Å². The van der Waals surface area contributed by atoms with E-state index in [2.05, 4.69) is 10.0 Å². The highest BCUT2D eigenvalue weighted by atomic mass is 16.8. The van der Waals surface area contributed by atoms with Gasteiger partial charge in [0, 0.05) is 31.2 Å². The molecule has 3 aromatic carbocycles. The van der Waals surface area contributed by atoms with Crippen LogP contribution in [-0.2, 0) is 63.6 Å². The fourth-order valence-corrected chi connectivity index (χ4v) is 6.64. The number of carbonyl (C=O) groups excluding carboxylic acids is 3. The van der Waals surface area contributed by atoms with Gasteiger partial charge in [-0.1, -0.05) is 65.8 Å². The Morgan fingerprint density at radius 1 is 0.768 bits per heavy atom. The van der Waals surface area contributed by atoms with Crippen molar-refractivity contribution in [1.82, 2.24) is 0 Å². The van der Waals surface area contributed by atoms with Gasteiger partial charge in [0.2, 0.25) is 6.29 Å². The van der Waals surface area contributed by atoms with Gasteiger partial charge in [0.1, 0.15) is 54.7 Å². The molecule has 3 heterocycles. The van der Waals surface area contributed by atoms with Crippen LogP contribution in [0.15, 0.2) is 90.0 Å². The molecule has 0 N–H and O–H groups in total. The molecule has 3 aromatic rings. The van der Waals surface area contributed by atoms with E-state index in [0.717, 1.165) is 25.0 Å². The van der Waals surface area contributed by atoms with Gasteiger partial charge in [0.15, 0.2) is 24.8 Å². The number of fused-ring (bicyclic) bond motifs is 1. The van der Waals surface area contributed by atoms with Gasteiger partial charge >= 0.3 is 17.9 Å². The molecule has 56 heavy (non-hydrogen) atoms. The number of hydrogen-bond acceptors (Lipinski definition) is 15. The molecule has 298 valence electrons. The Kier molecular flexibility index (Phi) is 13.8. The van der Waals surface area contributed by atoms with Crippen LogP contribution in [0.25, 0.3) is 10.4 Å². The monoisotopic (exact) mass is 777 g/mol. The van der Waals surface area contributed by atoms with Crippen LogP contribution in [0.3, 0.4) is 0 Å². The minimum Gasteiger partial charge on any atom is -0.497 e. The van der Waals surface area contributed by atoms with Crippen molar-refractivity contribution in [3.63, 3.8) is 0 Å². The SMILES string of the molecule is COc1ccc(O[C@@H]2O[C@@H]3CO[C@H](c4ccccc4)O[C@@H]3[C@H](O[C@H]3O[C@H](COC(C)=O)[C@@H](OC(C)=O)[C@H](OC(C)=O)[C@@H]3N=[N+]=[N-])[C@H]2OCc2ccccc2)cc1. The summed E-state index contributed by atoms with van der Waals surface area (Å²) in [5, 5.41) is 3.91. The maximum atomic E-state index is 12.5. The fourth-order valence-electron chi connectivity index (χ4n) is 6.64. The van der Waals surface area contributed by atoms with Crippen LogP contribution in [-0.4, -0.2) is 99.6 Å². The molecule has 3 fully saturated rings. The predicted octanol–water partition coefficient (Wildman–Crippen LogP) is 4.71. The molecule has 0 amide bonds. The van der Waals surface area contributed by atoms with E-state index in [1.165, 1.54) is 6.92 Å². The number of carbonyl (C=O) groups is 3. The zero-order chi connectivity index (χ0) is 39.6. The predicted molar refractivity (Wildman–Crippen MR) is 192 cm³/mol. The number of rotatable bonds is 14. The number of esters is 3. The Morgan fingerprint density at radius 2 is 1.43 bits per heavy atom. The molecule has 17 heteroatoms. The van der Waals surface area contributed by atoms with Crippen LogP contribution >= 0.6 is 0 Å². The third-order valence-corrected chi connectivity index (χ3v) is 9.10. The number of azide groups is 1. The molecule has 0 aliphatic carbocycles. The average molecular weight is 778 g/mol. The lowest BCUT2D eigenvalue weighted by Crippen LogP contribution is -2.67. The molecule has 11 atom stereocenters. The maximum absolute atomic E-state index is 12.5. The highest BCUT2D eigenvalue weighted by molar-refractivity contribution is 5.68. The van der Waals surface area contributed by atoms with E-state index in [1.807, 2.05) is 60.7 Å². The minimum absolute atomic E-state index is 0.0446. The highest BCUT2D eigenvalue weighted by Crippen LogP contribution is 2.40. The summed E-state index contributed by atoms with van der Waals surface area (Å²) < 4.78 is 67.2. The Morgan fingerprint density at radius 3 is 2.07 bits per heavy atom. The first kappa shape index (κ1) is 40.4. The van der Waals surface area contributed by atoms with Gasteiger partial charge in [-0.15, -0.1) is 0 Å². The van der Waals surface area contributed by atoms with E-state index in [9.17, 15) is 19.9 Å². The highest BCUT2D eigenvalue weighted by Gasteiger charge is 2.57. The van der Waals surface area contributed by atoms with Gasteiger partial charge in [-0.2, -0.15) is 0 Å². The van der Waals surface area contributed by atoms with Gasteiger partial charge in [0.25, 0.3) is 0 Å².